The second-order valence-corrected chi connectivity index (χ2v) is 5.60. The molecule has 0 amide bonds. The smallest absolute Gasteiger partial charge is 0.150 e. The predicted octanol–water partition coefficient (Wildman–Crippen LogP) is 5.24. The lowest BCUT2D eigenvalue weighted by Crippen LogP contribution is -2.04. The van der Waals surface area contributed by atoms with Crippen LogP contribution in [0.5, 0.6) is 0 Å². The lowest BCUT2D eigenvalue weighted by Gasteiger charge is -2.10. The minimum Gasteiger partial charge on any atom is -0.376 e. The lowest BCUT2D eigenvalue weighted by molar-refractivity contribution is 0.586. The zero-order valence-corrected chi connectivity index (χ0v) is 12.7. The number of halogens is 5. The van der Waals surface area contributed by atoms with E-state index in [1.165, 1.54) is 24.3 Å². The van der Waals surface area contributed by atoms with E-state index in [0.717, 1.165) is 0 Å². The maximum Gasteiger partial charge on any atom is 0.150 e. The summed E-state index contributed by atoms with van der Waals surface area (Å²) < 4.78 is 40.9. The van der Waals surface area contributed by atoms with Crippen LogP contribution in [0.4, 0.5) is 18.9 Å². The Morgan fingerprint density at radius 3 is 2.16 bits per heavy atom. The molecule has 0 bridgehead atoms. The molecule has 1 N–H and O–H groups in total. The molecule has 0 aromatic heterocycles. The Morgan fingerprint density at radius 1 is 0.947 bits per heavy atom. The van der Waals surface area contributed by atoms with Gasteiger partial charge in [0.1, 0.15) is 23.1 Å². The summed E-state index contributed by atoms with van der Waals surface area (Å²) in [6, 6.07) is 6.47. The highest BCUT2D eigenvalue weighted by molar-refractivity contribution is 9.10. The molecule has 0 aliphatic carbocycles. The van der Waals surface area contributed by atoms with Gasteiger partial charge in [-0.05, 0) is 29.8 Å². The molecule has 1 nitrogen and oxygen atoms in total. The van der Waals surface area contributed by atoms with Crippen LogP contribution in [0.1, 0.15) is 5.56 Å². The third-order valence-electron chi connectivity index (χ3n) is 2.48. The molecule has 0 aliphatic heterocycles. The van der Waals surface area contributed by atoms with Gasteiger partial charge in [0.25, 0.3) is 0 Å². The molecule has 0 spiro atoms. The average molecular weight is 395 g/mol. The number of hydrogen-bond donors (Lipinski definition) is 1. The van der Waals surface area contributed by atoms with Crippen molar-refractivity contribution in [2.75, 3.05) is 5.32 Å². The number of nitrogens with one attached hydrogen (secondary N) is 1. The van der Waals surface area contributed by atoms with E-state index in [2.05, 4.69) is 37.2 Å². The Kier molecular flexibility index (Phi) is 4.52. The van der Waals surface area contributed by atoms with Gasteiger partial charge in [0, 0.05) is 15.5 Å². The number of benzene rings is 2. The summed E-state index contributed by atoms with van der Waals surface area (Å²) >= 11 is 6.20. The first-order valence-electron chi connectivity index (χ1n) is 5.29. The van der Waals surface area contributed by atoms with Gasteiger partial charge in [-0.2, -0.15) is 0 Å². The van der Waals surface area contributed by atoms with Crippen LogP contribution in [0.25, 0.3) is 0 Å². The van der Waals surface area contributed by atoms with Crippen molar-refractivity contribution in [3.05, 3.63) is 62.3 Å². The zero-order valence-electron chi connectivity index (χ0n) is 9.48. The summed E-state index contributed by atoms with van der Waals surface area (Å²) in [4.78, 5) is 0. The maximum absolute atomic E-state index is 13.6. The van der Waals surface area contributed by atoms with E-state index < -0.39 is 11.6 Å². The maximum atomic E-state index is 13.6. The van der Waals surface area contributed by atoms with Crippen molar-refractivity contribution in [2.24, 2.45) is 0 Å². The first-order chi connectivity index (χ1) is 8.97. The van der Waals surface area contributed by atoms with Crippen molar-refractivity contribution >= 4 is 37.5 Å². The molecular formula is C13H8Br2F3N. The largest absolute Gasteiger partial charge is 0.376 e. The van der Waals surface area contributed by atoms with Crippen LogP contribution < -0.4 is 5.32 Å². The summed E-state index contributed by atoms with van der Waals surface area (Å²) in [5, 5.41) is 2.66. The van der Waals surface area contributed by atoms with E-state index in [-0.39, 0.29) is 18.0 Å². The molecule has 100 valence electrons. The second kappa shape index (κ2) is 5.96. The molecule has 0 saturated heterocycles. The standard InChI is InChI=1S/C13H8Br2F3N/c14-8-3-11(17)13(12(18)4-8)19-6-7-1-2-9(16)5-10(7)15/h1-5,19H,6H2. The van der Waals surface area contributed by atoms with Crippen molar-refractivity contribution in [1.82, 2.24) is 0 Å². The molecule has 0 heterocycles. The summed E-state index contributed by atoms with van der Waals surface area (Å²) in [5.41, 5.74) is 0.488. The molecule has 2 aromatic rings. The average Bonchev–Trinajstić information content (AvgIpc) is 2.30. The van der Waals surface area contributed by atoms with Crippen molar-refractivity contribution < 1.29 is 13.2 Å². The Labute approximate surface area is 125 Å². The molecule has 0 saturated carbocycles. The van der Waals surface area contributed by atoms with Crippen LogP contribution >= 0.6 is 31.9 Å². The van der Waals surface area contributed by atoms with Crippen LogP contribution in [0.15, 0.2) is 39.3 Å². The van der Waals surface area contributed by atoms with E-state index in [9.17, 15) is 13.2 Å². The highest BCUT2D eigenvalue weighted by Gasteiger charge is 2.11. The van der Waals surface area contributed by atoms with E-state index in [1.807, 2.05) is 0 Å². The monoisotopic (exact) mass is 393 g/mol. The normalized spacial score (nSPS) is 10.6. The van der Waals surface area contributed by atoms with E-state index in [1.54, 1.807) is 6.07 Å². The first kappa shape index (κ1) is 14.4. The molecule has 0 fully saturated rings. The van der Waals surface area contributed by atoms with Gasteiger partial charge in [-0.1, -0.05) is 37.9 Å². The lowest BCUT2D eigenvalue weighted by atomic mass is 10.2. The summed E-state index contributed by atoms with van der Waals surface area (Å²) in [5.74, 6) is -1.76. The quantitative estimate of drug-likeness (QED) is 0.750. The van der Waals surface area contributed by atoms with Crippen LogP contribution in [0.3, 0.4) is 0 Å². The van der Waals surface area contributed by atoms with Crippen LogP contribution in [0, 0.1) is 17.5 Å². The fourth-order valence-corrected chi connectivity index (χ4v) is 2.45. The fourth-order valence-electron chi connectivity index (χ4n) is 1.56. The molecule has 0 radical (unpaired) electrons. The van der Waals surface area contributed by atoms with Gasteiger partial charge in [0.2, 0.25) is 0 Å². The summed E-state index contributed by atoms with van der Waals surface area (Å²) in [7, 11) is 0. The summed E-state index contributed by atoms with van der Waals surface area (Å²) in [6.45, 7) is 0.177. The van der Waals surface area contributed by atoms with Gasteiger partial charge in [-0.25, -0.2) is 13.2 Å². The molecule has 0 atom stereocenters. The Bertz CT molecular complexity index is 594. The Hall–Kier alpha value is -1.01. The zero-order chi connectivity index (χ0) is 14.0. The Balaban J connectivity index is 2.19. The van der Waals surface area contributed by atoms with Crippen LogP contribution in [-0.2, 0) is 6.54 Å². The van der Waals surface area contributed by atoms with Gasteiger partial charge < -0.3 is 5.32 Å². The van der Waals surface area contributed by atoms with E-state index in [0.29, 0.717) is 14.5 Å². The third-order valence-corrected chi connectivity index (χ3v) is 3.67. The van der Waals surface area contributed by atoms with Crippen molar-refractivity contribution in [3.8, 4) is 0 Å². The van der Waals surface area contributed by atoms with Crippen molar-refractivity contribution in [3.63, 3.8) is 0 Å². The molecule has 0 aliphatic rings. The molecule has 2 rings (SSSR count). The topological polar surface area (TPSA) is 12.0 Å². The summed E-state index contributed by atoms with van der Waals surface area (Å²) in [6.07, 6.45) is 0. The molecule has 0 unspecified atom stereocenters. The van der Waals surface area contributed by atoms with Gasteiger partial charge >= 0.3 is 0 Å². The number of rotatable bonds is 3. The van der Waals surface area contributed by atoms with Gasteiger partial charge in [0.15, 0.2) is 0 Å². The van der Waals surface area contributed by atoms with Crippen LogP contribution in [-0.4, -0.2) is 0 Å². The van der Waals surface area contributed by atoms with Gasteiger partial charge in [-0.15, -0.1) is 0 Å². The molecular weight excluding hydrogens is 387 g/mol. The molecule has 19 heavy (non-hydrogen) atoms. The van der Waals surface area contributed by atoms with Crippen LogP contribution in [0.2, 0.25) is 0 Å². The second-order valence-electron chi connectivity index (χ2n) is 3.83. The predicted molar refractivity (Wildman–Crippen MR) is 75.5 cm³/mol. The number of hydrogen-bond acceptors (Lipinski definition) is 1. The molecule has 6 heteroatoms. The fraction of sp³-hybridized carbons (Fsp3) is 0.0769. The van der Waals surface area contributed by atoms with Gasteiger partial charge in [0.05, 0.1) is 0 Å². The third kappa shape index (κ3) is 3.51. The van der Waals surface area contributed by atoms with E-state index in [4.69, 9.17) is 0 Å². The van der Waals surface area contributed by atoms with Crippen molar-refractivity contribution in [1.29, 1.82) is 0 Å². The first-order valence-corrected chi connectivity index (χ1v) is 6.88. The van der Waals surface area contributed by atoms with Crippen molar-refractivity contribution in [2.45, 2.75) is 6.54 Å². The highest BCUT2D eigenvalue weighted by atomic mass is 79.9. The van der Waals surface area contributed by atoms with E-state index >= 15 is 0 Å². The minimum atomic E-state index is -0.690. The minimum absolute atomic E-state index is 0.177. The Morgan fingerprint density at radius 2 is 1.58 bits per heavy atom. The molecule has 2 aromatic carbocycles. The number of anilines is 1. The van der Waals surface area contributed by atoms with Gasteiger partial charge in [-0.3, -0.25) is 0 Å². The SMILES string of the molecule is Fc1ccc(CNc2c(F)cc(Br)cc2F)c(Br)c1. The highest BCUT2D eigenvalue weighted by Crippen LogP contribution is 2.25.